The third-order valence-electron chi connectivity index (χ3n) is 7.31. The third-order valence-corrected chi connectivity index (χ3v) is 7.31. The molecule has 4 aliphatic rings. The topological polar surface area (TPSA) is 129 Å². The molecule has 0 bridgehead atoms. The molecule has 2 aromatic rings. The van der Waals surface area contributed by atoms with Crippen molar-refractivity contribution in [3.8, 4) is 11.5 Å². The highest BCUT2D eigenvalue weighted by Crippen LogP contribution is 2.34. The number of guanidine groups is 1. The van der Waals surface area contributed by atoms with E-state index in [1.54, 1.807) is 7.11 Å². The molecular formula is C28H35N9O2. The molecule has 2 aromatic carbocycles. The molecule has 0 aromatic heterocycles. The van der Waals surface area contributed by atoms with Gasteiger partial charge in [0.15, 0.2) is 5.96 Å². The molecule has 0 spiro atoms. The molecule has 1 saturated heterocycles. The summed E-state index contributed by atoms with van der Waals surface area (Å²) in [4.78, 5) is 4.76. The fourth-order valence-corrected chi connectivity index (χ4v) is 5.14. The monoisotopic (exact) mass is 529 g/mol. The Morgan fingerprint density at radius 1 is 1.08 bits per heavy atom. The van der Waals surface area contributed by atoms with Gasteiger partial charge in [0.1, 0.15) is 24.3 Å². The molecule has 4 aliphatic heterocycles. The van der Waals surface area contributed by atoms with Crippen LogP contribution in [-0.2, 0) is 0 Å². The molecule has 5 N–H and O–H groups in total. The Bertz CT molecular complexity index is 1320. The van der Waals surface area contributed by atoms with Crippen molar-refractivity contribution in [3.05, 3.63) is 65.5 Å². The van der Waals surface area contributed by atoms with Crippen LogP contribution in [0.5, 0.6) is 11.5 Å². The minimum absolute atomic E-state index is 0.0576. The maximum absolute atomic E-state index is 6.36. The maximum atomic E-state index is 6.36. The minimum Gasteiger partial charge on any atom is -0.495 e. The van der Waals surface area contributed by atoms with Crippen molar-refractivity contribution in [2.75, 3.05) is 45.3 Å². The van der Waals surface area contributed by atoms with Crippen LogP contribution in [0.4, 0.5) is 5.69 Å². The molecule has 1 fully saturated rings. The van der Waals surface area contributed by atoms with E-state index in [0.717, 1.165) is 65.5 Å². The summed E-state index contributed by atoms with van der Waals surface area (Å²) in [5.74, 6) is 2.92. The second-order valence-corrected chi connectivity index (χ2v) is 10.1. The SMILES string of the molecule is COc1cc(C2CCNCC2)ccc1NC1=NCC(c2ccc(C3=CN3)c(OC(C)CN3CN=NN3)c2)=CN1. The number of hydrogen-bond acceptors (Lipinski definition) is 11. The van der Waals surface area contributed by atoms with Crippen LogP contribution in [0.1, 0.15) is 42.4 Å². The lowest BCUT2D eigenvalue weighted by Gasteiger charge is -2.24. The van der Waals surface area contributed by atoms with E-state index in [-0.39, 0.29) is 6.10 Å². The highest BCUT2D eigenvalue weighted by molar-refractivity contribution is 5.98. The second-order valence-electron chi connectivity index (χ2n) is 10.1. The Morgan fingerprint density at radius 2 is 1.95 bits per heavy atom. The van der Waals surface area contributed by atoms with Gasteiger partial charge in [0, 0.05) is 18.0 Å². The highest BCUT2D eigenvalue weighted by Gasteiger charge is 2.21. The normalized spacial score (nSPS) is 19.6. The number of hydrazine groups is 1. The van der Waals surface area contributed by atoms with Gasteiger partial charge in [0.05, 0.1) is 31.6 Å². The smallest absolute Gasteiger partial charge is 0.200 e. The predicted molar refractivity (Wildman–Crippen MR) is 152 cm³/mol. The first-order valence-corrected chi connectivity index (χ1v) is 13.5. The lowest BCUT2D eigenvalue weighted by Crippen LogP contribution is -2.38. The van der Waals surface area contributed by atoms with Gasteiger partial charge in [-0.3, -0.25) is 0 Å². The van der Waals surface area contributed by atoms with Crippen LogP contribution in [0, 0.1) is 0 Å². The van der Waals surface area contributed by atoms with Crippen molar-refractivity contribution in [1.29, 1.82) is 0 Å². The highest BCUT2D eigenvalue weighted by atomic mass is 16.5. The summed E-state index contributed by atoms with van der Waals surface area (Å²) in [5.41, 5.74) is 9.36. The van der Waals surface area contributed by atoms with Crippen LogP contribution in [0.3, 0.4) is 0 Å². The van der Waals surface area contributed by atoms with Crippen LogP contribution >= 0.6 is 0 Å². The largest absolute Gasteiger partial charge is 0.495 e. The minimum atomic E-state index is -0.0576. The average Bonchev–Trinajstić information content (AvgIpc) is 3.69. The average molecular weight is 530 g/mol. The zero-order valence-corrected chi connectivity index (χ0v) is 22.3. The summed E-state index contributed by atoms with van der Waals surface area (Å²) in [5, 5.41) is 23.0. The van der Waals surface area contributed by atoms with E-state index < -0.39 is 0 Å². The Hall–Kier alpha value is -4.09. The molecule has 4 heterocycles. The zero-order chi connectivity index (χ0) is 26.6. The van der Waals surface area contributed by atoms with E-state index in [9.17, 15) is 0 Å². The number of piperidine rings is 1. The van der Waals surface area contributed by atoms with E-state index in [2.05, 4.69) is 73.5 Å². The van der Waals surface area contributed by atoms with Crippen LogP contribution in [0.15, 0.2) is 64.1 Å². The first kappa shape index (κ1) is 25.2. The quantitative estimate of drug-likeness (QED) is 0.334. The fraction of sp³-hybridized carbons (Fsp3) is 0.393. The van der Waals surface area contributed by atoms with Gasteiger partial charge < -0.3 is 30.7 Å². The number of hydrogen-bond donors (Lipinski definition) is 5. The van der Waals surface area contributed by atoms with E-state index in [0.29, 0.717) is 31.6 Å². The van der Waals surface area contributed by atoms with Gasteiger partial charge in [-0.05, 0) is 79.7 Å². The molecule has 39 heavy (non-hydrogen) atoms. The van der Waals surface area contributed by atoms with Gasteiger partial charge in [0.2, 0.25) is 0 Å². The number of ether oxygens (including phenoxy) is 2. The summed E-state index contributed by atoms with van der Waals surface area (Å²) in [6.07, 6.45) is 6.22. The standard InChI is InChI=1S/C28H35N9O2/c1-18(16-37-17-33-35-36-37)39-26-11-21(3-5-23(26)25-15-30-25)22-13-31-28(32-14-22)34-24-6-4-20(12-27(24)38-2)19-7-9-29-10-8-19/h3-6,11-13,15,18-19,29-30H,7-10,14,16-17H2,1-2H3,(H,33,36)(H2,31,32,34). The lowest BCUT2D eigenvalue weighted by molar-refractivity contribution is 0.128. The molecule has 11 heteroatoms. The van der Waals surface area contributed by atoms with E-state index in [4.69, 9.17) is 14.5 Å². The number of rotatable bonds is 9. The molecule has 6 rings (SSSR count). The first-order valence-electron chi connectivity index (χ1n) is 13.5. The maximum Gasteiger partial charge on any atom is 0.200 e. The van der Waals surface area contributed by atoms with Crippen molar-refractivity contribution in [3.63, 3.8) is 0 Å². The van der Waals surface area contributed by atoms with Gasteiger partial charge in [-0.25, -0.2) is 10.5 Å². The molecule has 11 nitrogen and oxygen atoms in total. The number of methoxy groups -OCH3 is 1. The molecule has 0 saturated carbocycles. The summed E-state index contributed by atoms with van der Waals surface area (Å²) in [6, 6.07) is 12.7. The number of benzene rings is 2. The lowest BCUT2D eigenvalue weighted by atomic mass is 9.90. The molecule has 1 unspecified atom stereocenters. The first-order chi connectivity index (χ1) is 19.2. The van der Waals surface area contributed by atoms with Crippen LogP contribution in [0.25, 0.3) is 11.3 Å². The number of nitrogens with one attached hydrogen (secondary N) is 5. The summed E-state index contributed by atoms with van der Waals surface area (Å²) >= 11 is 0. The van der Waals surface area contributed by atoms with Gasteiger partial charge >= 0.3 is 0 Å². The van der Waals surface area contributed by atoms with Crippen LogP contribution in [0.2, 0.25) is 0 Å². The molecule has 1 atom stereocenters. The van der Waals surface area contributed by atoms with Crippen LogP contribution < -0.4 is 36.3 Å². The zero-order valence-electron chi connectivity index (χ0n) is 22.3. The van der Waals surface area contributed by atoms with Crippen LogP contribution in [-0.4, -0.2) is 57.0 Å². The fourth-order valence-electron chi connectivity index (χ4n) is 5.14. The Balaban J connectivity index is 1.11. The summed E-state index contributed by atoms with van der Waals surface area (Å²) in [6.45, 7) is 5.90. The second kappa shape index (κ2) is 11.3. The van der Waals surface area contributed by atoms with Gasteiger partial charge in [-0.15, -0.1) is 0 Å². The number of aliphatic imine (C=N–C) groups is 1. The molecular weight excluding hydrogens is 494 g/mol. The van der Waals surface area contributed by atoms with Gasteiger partial charge in [-0.2, -0.15) is 10.1 Å². The van der Waals surface area contributed by atoms with Crippen molar-refractivity contribution in [2.45, 2.75) is 31.8 Å². The molecule has 0 amide bonds. The Morgan fingerprint density at radius 3 is 2.67 bits per heavy atom. The van der Waals surface area contributed by atoms with Crippen molar-refractivity contribution < 1.29 is 9.47 Å². The van der Waals surface area contributed by atoms with Gasteiger partial charge in [-0.1, -0.05) is 17.4 Å². The molecule has 0 radical (unpaired) electrons. The number of nitrogens with zero attached hydrogens (tertiary/aromatic N) is 4. The third kappa shape index (κ3) is 5.99. The number of anilines is 1. The molecule has 204 valence electrons. The predicted octanol–water partition coefficient (Wildman–Crippen LogP) is 3.39. The molecule has 0 aliphatic carbocycles. The van der Waals surface area contributed by atoms with Crippen molar-refractivity contribution >= 4 is 22.9 Å². The van der Waals surface area contributed by atoms with E-state index in [1.165, 1.54) is 5.56 Å². The van der Waals surface area contributed by atoms with Crippen molar-refractivity contribution in [2.24, 2.45) is 15.3 Å². The van der Waals surface area contributed by atoms with E-state index >= 15 is 0 Å². The summed E-state index contributed by atoms with van der Waals surface area (Å²) in [7, 11) is 1.71. The summed E-state index contributed by atoms with van der Waals surface area (Å²) < 4.78 is 12.1. The van der Waals surface area contributed by atoms with Gasteiger partial charge in [0.25, 0.3) is 0 Å². The Kier molecular flexibility index (Phi) is 7.33. The van der Waals surface area contributed by atoms with Crippen molar-refractivity contribution in [1.82, 2.24) is 26.5 Å². The Labute approximate surface area is 228 Å². The van der Waals surface area contributed by atoms with E-state index in [1.807, 2.05) is 24.3 Å².